The summed E-state index contributed by atoms with van der Waals surface area (Å²) in [6, 6.07) is 10.6. The highest BCUT2D eigenvalue weighted by molar-refractivity contribution is 8.00. The minimum Gasteiger partial charge on any atom is -0.332 e. The summed E-state index contributed by atoms with van der Waals surface area (Å²) in [6.07, 6.45) is 31.5. The Balaban J connectivity index is -0.000000272. The highest BCUT2D eigenvalue weighted by Crippen LogP contribution is 2.39. The van der Waals surface area contributed by atoms with Gasteiger partial charge in [-0.1, -0.05) is 300 Å². The highest BCUT2D eigenvalue weighted by atomic mass is 32.2. The van der Waals surface area contributed by atoms with Crippen molar-refractivity contribution in [1.29, 1.82) is 0 Å². The number of aryl methyl sites for hydroxylation is 1. The normalized spacial score (nSPS) is 16.5. The number of fused-ring (bicyclic) bond motifs is 1. The van der Waals surface area contributed by atoms with Gasteiger partial charge >= 0.3 is 6.03 Å². The average molecular weight is 1150 g/mol. The van der Waals surface area contributed by atoms with Crippen molar-refractivity contribution in [3.8, 4) is 0 Å². The van der Waals surface area contributed by atoms with Crippen LogP contribution in [-0.4, -0.2) is 38.6 Å². The summed E-state index contributed by atoms with van der Waals surface area (Å²) in [6.45, 7) is 64.5. The molecule has 2 saturated heterocycles. The lowest BCUT2D eigenvalue weighted by Gasteiger charge is -2.23. The molecule has 6 heteroatoms. The molecule has 2 aromatic heterocycles. The maximum absolute atomic E-state index is 11.4. The van der Waals surface area contributed by atoms with E-state index in [9.17, 15) is 4.79 Å². The van der Waals surface area contributed by atoms with Gasteiger partial charge < -0.3 is 10.6 Å². The van der Waals surface area contributed by atoms with E-state index in [2.05, 4.69) is 245 Å². The number of urea groups is 1. The van der Waals surface area contributed by atoms with Crippen LogP contribution in [0.5, 0.6) is 0 Å². The van der Waals surface area contributed by atoms with E-state index in [1.807, 2.05) is 49.3 Å². The lowest BCUT2D eigenvalue weighted by atomic mass is 9.91. The molecule has 0 spiro atoms. The number of nitrogens with zero attached hydrogens (tertiary/aromatic N) is 2. The molecule has 478 valence electrons. The Kier molecular flexibility index (Phi) is 60.8. The second-order valence-corrected chi connectivity index (χ2v) is 28.9. The molecule has 3 atom stereocenters. The number of hydrogen-bond acceptors (Lipinski definition) is 4. The third kappa shape index (κ3) is 60.3. The first-order chi connectivity index (χ1) is 37.8. The lowest BCUT2D eigenvalue weighted by Crippen LogP contribution is -2.47. The van der Waals surface area contributed by atoms with Crippen LogP contribution in [0.4, 0.5) is 4.79 Å². The topological polar surface area (TPSA) is 66.9 Å². The van der Waals surface area contributed by atoms with E-state index in [1.54, 1.807) is 5.57 Å². The fourth-order valence-electron chi connectivity index (χ4n) is 7.96. The Bertz CT molecular complexity index is 1650. The zero-order chi connectivity index (χ0) is 63.5. The Morgan fingerprint density at radius 1 is 0.568 bits per heavy atom. The predicted molar refractivity (Wildman–Crippen MR) is 375 cm³/mol. The summed E-state index contributed by atoms with van der Waals surface area (Å²) in [7, 11) is 0. The SMILES string of the molecule is CC(C)C1=CC=CCC1.CC(C)CCC(C)C.CC(C)CCCC[C@@H]1SC[C@]2(C)NC(=O)N[C@H]12.CC(C)c1ccncc1.CCC(C)C.CCC(C)C.CCCC(C)C.CCCC(C)C.CCCC(C)C.Cc1cccc(C(C)C)n1. The van der Waals surface area contributed by atoms with Gasteiger partial charge in [-0.3, -0.25) is 9.97 Å². The minimum atomic E-state index is -0.00946. The molecule has 5 rings (SSSR count). The number of rotatable bonds is 19. The molecule has 0 unspecified atom stereocenters. The van der Waals surface area contributed by atoms with Gasteiger partial charge in [0, 0.05) is 34.8 Å². The number of carbonyl (C=O) groups excluding carboxylic acids is 1. The first-order valence-corrected chi connectivity index (χ1v) is 34.7. The van der Waals surface area contributed by atoms with E-state index < -0.39 is 0 Å². The van der Waals surface area contributed by atoms with Crippen LogP contribution in [-0.2, 0) is 0 Å². The van der Waals surface area contributed by atoms with Crippen LogP contribution in [0.2, 0.25) is 0 Å². The van der Waals surface area contributed by atoms with E-state index in [4.69, 9.17) is 0 Å². The molecule has 3 aliphatic rings. The third-order valence-corrected chi connectivity index (χ3v) is 15.8. The minimum absolute atomic E-state index is 0.00946. The Labute approximate surface area is 515 Å². The van der Waals surface area contributed by atoms with Gasteiger partial charge in [0.1, 0.15) is 0 Å². The number of nitrogens with one attached hydrogen (secondary N) is 2. The van der Waals surface area contributed by atoms with Gasteiger partial charge in [-0.15, -0.1) is 0 Å². The molecule has 0 saturated carbocycles. The van der Waals surface area contributed by atoms with Crippen molar-refractivity contribution in [2.45, 2.75) is 332 Å². The molecule has 2 aromatic rings. The molecule has 2 aliphatic heterocycles. The van der Waals surface area contributed by atoms with Crippen LogP contribution in [0.25, 0.3) is 0 Å². The fourth-order valence-corrected chi connectivity index (χ4v) is 9.67. The Hall–Kier alpha value is -2.60. The van der Waals surface area contributed by atoms with Crippen molar-refractivity contribution in [3.05, 3.63) is 83.5 Å². The molecule has 2 amide bonds. The smallest absolute Gasteiger partial charge is 0.315 e. The standard InChI is InChI=1S/C13H24N2OS.C9H13N.C9H14.C8H11N.C8H18.3C6H14.2C5H12/c1-9(2)6-4-5-7-10-11-13(3,8-17-10)15-12(16)14-11;1-7(2)9-6-4-5-8(3)10-9;1-8(2)9-6-4-3-5-7-9;1-7(2)8-3-5-9-6-4-8;1-7(2)5-6-8(3)4;3*1-4-5-6(2)3;2*1-4-5(2)3/h9-11H,4-8H2,1-3H3,(H2,14,15,16);4-7H,1-3H3;3-4,6,8H,5,7H2,1-2H3;3-7H,1-2H3;7-8H,5-6H2,1-4H3;3*6H,4-5H2,1-3H3;2*5H,4H2,1-3H3/t10-,11+,13-;;;;;;;;;/m0........./s1. The fraction of sp³-hybridized carbons (Fsp3) is 0.800. The molecule has 5 nitrogen and oxygen atoms in total. The number of pyridine rings is 2. The summed E-state index contributed by atoms with van der Waals surface area (Å²) in [4.78, 5) is 19.7. The summed E-state index contributed by atoms with van der Waals surface area (Å²) >= 11 is 2.02. The first-order valence-electron chi connectivity index (χ1n) is 33.7. The van der Waals surface area contributed by atoms with Crippen molar-refractivity contribution in [1.82, 2.24) is 20.6 Å². The zero-order valence-electron chi connectivity index (χ0n) is 60.0. The first kappa shape index (κ1) is 87.2. The molecule has 0 bridgehead atoms. The number of hydrogen-bond donors (Lipinski definition) is 2. The quantitative estimate of drug-likeness (QED) is 0.109. The molecule has 0 aromatic carbocycles. The van der Waals surface area contributed by atoms with Crippen molar-refractivity contribution >= 4 is 17.8 Å². The molecule has 2 fully saturated rings. The van der Waals surface area contributed by atoms with Crippen LogP contribution in [0.15, 0.2) is 66.5 Å². The van der Waals surface area contributed by atoms with Gasteiger partial charge in [0.25, 0.3) is 0 Å². The van der Waals surface area contributed by atoms with E-state index in [-0.39, 0.29) is 11.6 Å². The van der Waals surface area contributed by atoms with Crippen LogP contribution < -0.4 is 10.6 Å². The molecular formula is C75H146N4OS. The number of carbonyl (C=O) groups is 1. The second kappa shape index (κ2) is 56.5. The van der Waals surface area contributed by atoms with Crippen LogP contribution in [0, 0.1) is 60.2 Å². The summed E-state index contributed by atoms with van der Waals surface area (Å²) < 4.78 is 0. The number of allylic oxidation sites excluding steroid dienone is 4. The summed E-state index contributed by atoms with van der Waals surface area (Å²) in [5.41, 5.74) is 5.22. The number of thioether (sulfide) groups is 1. The predicted octanol–water partition coefficient (Wildman–Crippen LogP) is 24.9. The van der Waals surface area contributed by atoms with Crippen LogP contribution in [0.1, 0.15) is 325 Å². The van der Waals surface area contributed by atoms with Crippen molar-refractivity contribution in [3.63, 3.8) is 0 Å². The molecular weight excluding hydrogens is 1000 g/mol. The van der Waals surface area contributed by atoms with E-state index in [0.29, 0.717) is 23.1 Å². The highest BCUT2D eigenvalue weighted by Gasteiger charge is 2.51. The summed E-state index contributed by atoms with van der Waals surface area (Å²) in [5.74, 6) is 10.00. The Morgan fingerprint density at radius 3 is 1.30 bits per heavy atom. The molecule has 4 heterocycles. The molecule has 81 heavy (non-hydrogen) atoms. The van der Waals surface area contributed by atoms with Gasteiger partial charge in [-0.05, 0) is 128 Å². The third-order valence-electron chi connectivity index (χ3n) is 14.1. The van der Waals surface area contributed by atoms with Gasteiger partial charge in [-0.25, -0.2) is 4.79 Å². The molecule has 1 aliphatic carbocycles. The lowest BCUT2D eigenvalue weighted by molar-refractivity contribution is 0.245. The monoisotopic (exact) mass is 1150 g/mol. The maximum atomic E-state index is 11.4. The van der Waals surface area contributed by atoms with Gasteiger partial charge in [-0.2, -0.15) is 11.8 Å². The molecule has 0 radical (unpaired) electrons. The zero-order valence-corrected chi connectivity index (χ0v) is 60.8. The second-order valence-electron chi connectivity index (χ2n) is 27.7. The van der Waals surface area contributed by atoms with Gasteiger partial charge in [0.2, 0.25) is 0 Å². The average Bonchev–Trinajstić information content (AvgIpc) is 3.86. The van der Waals surface area contributed by atoms with E-state index in [0.717, 1.165) is 64.7 Å². The Morgan fingerprint density at radius 2 is 1.01 bits per heavy atom. The molecule has 2 N–H and O–H groups in total. The van der Waals surface area contributed by atoms with E-state index in [1.165, 1.54) is 114 Å². The largest absolute Gasteiger partial charge is 0.332 e. The maximum Gasteiger partial charge on any atom is 0.315 e. The van der Waals surface area contributed by atoms with Crippen molar-refractivity contribution in [2.24, 2.45) is 53.3 Å². The summed E-state index contributed by atoms with van der Waals surface area (Å²) in [5, 5.41) is 6.75. The van der Waals surface area contributed by atoms with Gasteiger partial charge in [0.15, 0.2) is 0 Å². The van der Waals surface area contributed by atoms with Crippen molar-refractivity contribution in [2.75, 3.05) is 5.75 Å². The van der Waals surface area contributed by atoms with Crippen LogP contribution >= 0.6 is 11.8 Å². The number of amides is 2. The van der Waals surface area contributed by atoms with Crippen LogP contribution in [0.3, 0.4) is 0 Å². The number of aromatic nitrogens is 2. The van der Waals surface area contributed by atoms with Crippen molar-refractivity contribution < 1.29 is 4.79 Å². The number of unbranched alkanes of at least 4 members (excludes halogenated alkanes) is 1. The van der Waals surface area contributed by atoms with Gasteiger partial charge in [0.05, 0.1) is 11.6 Å². The van der Waals surface area contributed by atoms with E-state index >= 15 is 0 Å².